The molecule has 0 saturated carbocycles. The summed E-state index contributed by atoms with van der Waals surface area (Å²) < 4.78 is -0.391. The fraction of sp³-hybridized carbons (Fsp3) is 0.571. The van der Waals surface area contributed by atoms with Crippen molar-refractivity contribution in [1.29, 1.82) is 0 Å². The van der Waals surface area contributed by atoms with Crippen molar-refractivity contribution in [3.8, 4) is 0 Å². The summed E-state index contributed by atoms with van der Waals surface area (Å²) in [6.07, 6.45) is 4.52. The molecule has 3 heteroatoms. The molecule has 1 atom stereocenters. The van der Waals surface area contributed by atoms with E-state index >= 15 is 0 Å². The van der Waals surface area contributed by atoms with E-state index in [1.807, 2.05) is 13.8 Å². The monoisotopic (exact) mass is 140 g/mol. The lowest BCUT2D eigenvalue weighted by molar-refractivity contribution is -0.727. The minimum Gasteiger partial charge on any atom is -0.622 e. The van der Waals surface area contributed by atoms with Crippen molar-refractivity contribution in [3.63, 3.8) is 0 Å². The first kappa shape index (κ1) is 7.44. The molecular weight excluding hydrogens is 128 g/mol. The molecule has 0 aliphatic carbocycles. The fourth-order valence-electron chi connectivity index (χ4n) is 1.02. The summed E-state index contributed by atoms with van der Waals surface area (Å²) in [4.78, 5) is 3.74. The third-order valence-corrected chi connectivity index (χ3v) is 1.32. The highest BCUT2D eigenvalue weighted by molar-refractivity contribution is 5.51. The second-order valence-corrected chi connectivity index (χ2v) is 2.99. The van der Waals surface area contributed by atoms with Crippen LogP contribution in [0, 0.1) is 11.1 Å². The summed E-state index contributed by atoms with van der Waals surface area (Å²) in [7, 11) is 0. The van der Waals surface area contributed by atoms with Gasteiger partial charge in [0.2, 0.25) is 0 Å². The maximum Gasteiger partial charge on any atom is 0.194 e. The topological polar surface area (TPSA) is 35.4 Å². The highest BCUT2D eigenvalue weighted by atomic mass is 16.5. The van der Waals surface area contributed by atoms with E-state index in [4.69, 9.17) is 0 Å². The van der Waals surface area contributed by atoms with Gasteiger partial charge in [0, 0.05) is 5.92 Å². The second kappa shape index (κ2) is 2.52. The molecule has 0 bridgehead atoms. The normalized spacial score (nSPS) is 30.4. The van der Waals surface area contributed by atoms with Crippen molar-refractivity contribution in [3.05, 3.63) is 17.6 Å². The summed E-state index contributed by atoms with van der Waals surface area (Å²) in [5.41, 5.74) is 0. The van der Waals surface area contributed by atoms with Crippen molar-refractivity contribution in [2.24, 2.45) is 10.9 Å². The lowest BCUT2D eigenvalue weighted by atomic mass is 10.2. The van der Waals surface area contributed by atoms with E-state index < -0.39 is 4.65 Å². The fourth-order valence-corrected chi connectivity index (χ4v) is 1.02. The highest BCUT2D eigenvalue weighted by Gasteiger charge is 2.15. The Balaban J connectivity index is 2.53. The van der Waals surface area contributed by atoms with Crippen LogP contribution in [0.4, 0.5) is 0 Å². The van der Waals surface area contributed by atoms with Gasteiger partial charge in [0.05, 0.1) is 12.7 Å². The number of quaternary nitrogens is 1. The zero-order valence-corrected chi connectivity index (χ0v) is 6.32. The lowest BCUT2D eigenvalue weighted by Crippen LogP contribution is -2.36. The Morgan fingerprint density at radius 1 is 1.60 bits per heavy atom. The number of rotatable bonds is 2. The van der Waals surface area contributed by atoms with Gasteiger partial charge in [-0.1, -0.05) is 13.8 Å². The van der Waals surface area contributed by atoms with Crippen molar-refractivity contribution in [2.75, 3.05) is 6.54 Å². The van der Waals surface area contributed by atoms with Crippen LogP contribution < -0.4 is 0 Å². The molecule has 1 aliphatic rings. The summed E-state index contributed by atoms with van der Waals surface area (Å²) in [6.45, 7) is 4.63. The summed E-state index contributed by atoms with van der Waals surface area (Å²) in [5, 5.41) is 11.4. The smallest absolute Gasteiger partial charge is 0.194 e. The molecule has 0 aromatic rings. The zero-order valence-electron chi connectivity index (χ0n) is 6.32. The molecule has 0 spiro atoms. The minimum atomic E-state index is -0.391. The first-order valence-corrected chi connectivity index (χ1v) is 3.43. The van der Waals surface area contributed by atoms with E-state index in [1.165, 1.54) is 6.34 Å². The van der Waals surface area contributed by atoms with Crippen LogP contribution in [0.1, 0.15) is 13.8 Å². The van der Waals surface area contributed by atoms with E-state index in [2.05, 4.69) is 4.99 Å². The zero-order chi connectivity index (χ0) is 7.61. The van der Waals surface area contributed by atoms with Gasteiger partial charge in [-0.2, -0.15) is 0 Å². The summed E-state index contributed by atoms with van der Waals surface area (Å²) >= 11 is 0. The maximum atomic E-state index is 11.4. The molecular formula is C7H12N2O. The van der Waals surface area contributed by atoms with Crippen LogP contribution in [0.3, 0.4) is 0 Å². The Morgan fingerprint density at radius 2 is 2.30 bits per heavy atom. The van der Waals surface area contributed by atoms with Crippen LogP contribution >= 0.6 is 0 Å². The molecule has 3 nitrogen and oxygen atoms in total. The first-order chi connectivity index (χ1) is 4.62. The van der Waals surface area contributed by atoms with Crippen LogP contribution in [0.2, 0.25) is 0 Å². The molecule has 10 heavy (non-hydrogen) atoms. The third kappa shape index (κ3) is 1.65. The lowest BCUT2D eigenvalue weighted by Gasteiger charge is -2.32. The second-order valence-electron chi connectivity index (χ2n) is 2.99. The van der Waals surface area contributed by atoms with Crippen LogP contribution in [-0.4, -0.2) is 17.5 Å². The number of hydrogen-bond acceptors (Lipinski definition) is 2. The molecule has 0 N–H and O–H groups in total. The number of hydrogen-bond donors (Lipinski definition) is 0. The van der Waals surface area contributed by atoms with Gasteiger partial charge in [0.1, 0.15) is 6.20 Å². The predicted octanol–water partition coefficient (Wildman–Crippen LogP) is 1.47. The minimum absolute atomic E-state index is 0.391. The Hall–Kier alpha value is -0.670. The number of hydroxylamine groups is 3. The molecule has 56 valence electrons. The Morgan fingerprint density at radius 3 is 2.70 bits per heavy atom. The van der Waals surface area contributed by atoms with Crippen molar-refractivity contribution < 1.29 is 4.65 Å². The van der Waals surface area contributed by atoms with Gasteiger partial charge in [0.15, 0.2) is 6.34 Å². The standard InChI is InChI=1S/C7H12N2O/c1-7(2)5-9(10)4-3-8-6-9/h3-4,6-7H,5H2,1-2H3. The molecule has 0 saturated heterocycles. The first-order valence-electron chi connectivity index (χ1n) is 3.43. The highest BCUT2D eigenvalue weighted by Crippen LogP contribution is 2.11. The van der Waals surface area contributed by atoms with Gasteiger partial charge in [0.25, 0.3) is 0 Å². The van der Waals surface area contributed by atoms with E-state index in [-0.39, 0.29) is 0 Å². The van der Waals surface area contributed by atoms with Gasteiger partial charge in [-0.25, -0.2) is 4.99 Å². The van der Waals surface area contributed by atoms with Gasteiger partial charge in [-0.3, -0.25) is 4.65 Å². The molecule has 1 rings (SSSR count). The average Bonchev–Trinajstić information content (AvgIpc) is 2.12. The quantitative estimate of drug-likeness (QED) is 0.422. The molecule has 0 aromatic carbocycles. The van der Waals surface area contributed by atoms with E-state index in [9.17, 15) is 5.21 Å². The molecule has 0 aromatic heterocycles. The Labute approximate surface area is 60.8 Å². The van der Waals surface area contributed by atoms with Gasteiger partial charge in [-0.05, 0) is 0 Å². The predicted molar refractivity (Wildman–Crippen MR) is 41.0 cm³/mol. The van der Waals surface area contributed by atoms with Crippen LogP contribution in [0.15, 0.2) is 17.4 Å². The molecule has 0 amide bonds. The van der Waals surface area contributed by atoms with Crippen molar-refractivity contribution in [1.82, 2.24) is 0 Å². The van der Waals surface area contributed by atoms with Crippen molar-refractivity contribution in [2.45, 2.75) is 13.8 Å². The average molecular weight is 140 g/mol. The number of aliphatic imine (C=N–C) groups is 1. The third-order valence-electron chi connectivity index (χ3n) is 1.32. The van der Waals surface area contributed by atoms with Gasteiger partial charge in [-0.15, -0.1) is 0 Å². The summed E-state index contributed by atoms with van der Waals surface area (Å²) in [6, 6.07) is 0. The Kier molecular flexibility index (Phi) is 1.87. The van der Waals surface area contributed by atoms with Gasteiger partial charge < -0.3 is 5.21 Å². The molecule has 0 fully saturated rings. The van der Waals surface area contributed by atoms with Crippen LogP contribution in [0.5, 0.6) is 0 Å². The molecule has 1 heterocycles. The molecule has 1 unspecified atom stereocenters. The van der Waals surface area contributed by atoms with E-state index in [0.717, 1.165) is 0 Å². The van der Waals surface area contributed by atoms with E-state index in [0.29, 0.717) is 12.5 Å². The Bertz CT molecular complexity index is 160. The largest absolute Gasteiger partial charge is 0.622 e. The van der Waals surface area contributed by atoms with E-state index in [1.54, 1.807) is 12.4 Å². The van der Waals surface area contributed by atoms with Gasteiger partial charge >= 0.3 is 0 Å². The number of nitrogens with zero attached hydrogens (tertiary/aromatic N) is 2. The van der Waals surface area contributed by atoms with Crippen LogP contribution in [-0.2, 0) is 0 Å². The van der Waals surface area contributed by atoms with Crippen molar-refractivity contribution >= 4 is 6.34 Å². The van der Waals surface area contributed by atoms with Crippen LogP contribution in [0.25, 0.3) is 0 Å². The summed E-state index contributed by atoms with van der Waals surface area (Å²) in [5.74, 6) is 0.409. The SMILES string of the molecule is CC(C)C[N+]1([O-])C=CN=C1. The maximum absolute atomic E-state index is 11.4. The molecule has 0 radical (unpaired) electrons. The molecule has 1 aliphatic heterocycles.